The topological polar surface area (TPSA) is 44.8 Å². The minimum absolute atomic E-state index is 0.0111. The fraction of sp³-hybridized carbons (Fsp3) is 0.350. The molecule has 0 aliphatic carbocycles. The van der Waals surface area contributed by atoms with Crippen molar-refractivity contribution in [2.45, 2.75) is 19.2 Å². The maximum atomic E-state index is 12.2. The predicted molar refractivity (Wildman–Crippen MR) is 91.5 cm³/mol. The molecule has 2 aromatic carbocycles. The smallest absolute Gasteiger partial charge is 0.497 e. The Bertz CT molecular complexity index is 769. The van der Waals surface area contributed by atoms with E-state index in [0.717, 1.165) is 16.9 Å². The lowest BCUT2D eigenvalue weighted by atomic mass is 9.85. The van der Waals surface area contributed by atoms with E-state index in [1.807, 2.05) is 24.3 Å². The average Bonchev–Trinajstić information content (AvgIpc) is 2.96. The van der Waals surface area contributed by atoms with Crippen LogP contribution in [0.5, 0.6) is 11.5 Å². The summed E-state index contributed by atoms with van der Waals surface area (Å²) in [6.45, 7) is 0.338. The van der Waals surface area contributed by atoms with Crippen molar-refractivity contribution in [2.75, 3.05) is 13.7 Å². The summed E-state index contributed by atoms with van der Waals surface area (Å²) in [5.74, 6) is -0.118. The van der Waals surface area contributed by atoms with Crippen LogP contribution in [0, 0.1) is 11.8 Å². The first kappa shape index (κ1) is 19.1. The van der Waals surface area contributed by atoms with Crippen molar-refractivity contribution >= 4 is 5.97 Å². The molecular weight excluding hydrogens is 361 g/mol. The zero-order valence-electron chi connectivity index (χ0n) is 14.7. The lowest BCUT2D eigenvalue weighted by Crippen LogP contribution is -2.20. The lowest BCUT2D eigenvalue weighted by molar-refractivity contribution is -0.274. The Hall–Kier alpha value is -2.70. The molecule has 27 heavy (non-hydrogen) atoms. The Balaban J connectivity index is 1.65. The number of cyclic esters (lactones) is 1. The molecule has 0 aromatic heterocycles. The van der Waals surface area contributed by atoms with Gasteiger partial charge in [-0.25, -0.2) is 0 Å². The molecule has 0 amide bonds. The number of ether oxygens (including phenoxy) is 3. The molecule has 1 saturated heterocycles. The summed E-state index contributed by atoms with van der Waals surface area (Å²) < 4.78 is 50.9. The molecular formula is C20H19F3O4. The summed E-state index contributed by atoms with van der Waals surface area (Å²) in [5.41, 5.74) is 1.83. The van der Waals surface area contributed by atoms with Crippen molar-refractivity contribution in [1.29, 1.82) is 0 Å². The minimum atomic E-state index is -4.72. The first-order valence-corrected chi connectivity index (χ1v) is 8.48. The standard InChI is InChI=1S/C20H19F3O4/c1-25-16-6-2-13(3-7-16)10-15-12-26-19(24)18(15)11-14-4-8-17(9-5-14)27-20(21,22)23/h2-9,15,18H,10-12H2,1H3. The zero-order valence-corrected chi connectivity index (χ0v) is 14.7. The molecule has 3 rings (SSSR count). The van der Waals surface area contributed by atoms with Gasteiger partial charge in [0, 0.05) is 5.92 Å². The summed E-state index contributed by atoms with van der Waals surface area (Å²) >= 11 is 0. The van der Waals surface area contributed by atoms with Gasteiger partial charge in [0.2, 0.25) is 0 Å². The maximum Gasteiger partial charge on any atom is 0.573 e. The highest BCUT2D eigenvalue weighted by atomic mass is 19.4. The van der Waals surface area contributed by atoms with Gasteiger partial charge >= 0.3 is 12.3 Å². The monoisotopic (exact) mass is 380 g/mol. The summed E-state index contributed by atoms with van der Waals surface area (Å²) in [6.07, 6.45) is -3.64. The van der Waals surface area contributed by atoms with E-state index in [9.17, 15) is 18.0 Å². The molecule has 7 heteroatoms. The molecule has 1 aliphatic rings. The van der Waals surface area contributed by atoms with Crippen LogP contribution in [0.4, 0.5) is 13.2 Å². The first-order chi connectivity index (χ1) is 12.8. The lowest BCUT2D eigenvalue weighted by Gasteiger charge is -2.16. The van der Waals surface area contributed by atoms with Gasteiger partial charge in [0.15, 0.2) is 0 Å². The number of benzene rings is 2. The number of hydrogen-bond donors (Lipinski definition) is 0. The van der Waals surface area contributed by atoms with Gasteiger partial charge in [-0.3, -0.25) is 4.79 Å². The van der Waals surface area contributed by atoms with Gasteiger partial charge in [-0.2, -0.15) is 0 Å². The van der Waals surface area contributed by atoms with Gasteiger partial charge in [-0.05, 0) is 48.2 Å². The third-order valence-electron chi connectivity index (χ3n) is 4.58. The number of methoxy groups -OCH3 is 1. The van der Waals surface area contributed by atoms with E-state index < -0.39 is 6.36 Å². The Labute approximate surface area is 154 Å². The van der Waals surface area contributed by atoms with Crippen molar-refractivity contribution in [3.05, 3.63) is 59.7 Å². The maximum absolute atomic E-state index is 12.2. The molecule has 2 unspecified atom stereocenters. The van der Waals surface area contributed by atoms with Crippen molar-refractivity contribution in [1.82, 2.24) is 0 Å². The zero-order chi connectivity index (χ0) is 19.4. The van der Waals surface area contributed by atoms with Crippen LogP contribution in [-0.4, -0.2) is 26.0 Å². The van der Waals surface area contributed by atoms with Crippen LogP contribution in [0.2, 0.25) is 0 Å². The van der Waals surface area contributed by atoms with Crippen LogP contribution >= 0.6 is 0 Å². The van der Waals surface area contributed by atoms with E-state index in [-0.39, 0.29) is 23.6 Å². The van der Waals surface area contributed by atoms with Gasteiger partial charge in [-0.15, -0.1) is 13.2 Å². The fourth-order valence-electron chi connectivity index (χ4n) is 3.20. The first-order valence-electron chi connectivity index (χ1n) is 8.48. The SMILES string of the molecule is COc1ccc(CC2COC(=O)C2Cc2ccc(OC(F)(F)F)cc2)cc1. The number of esters is 1. The van der Waals surface area contributed by atoms with E-state index >= 15 is 0 Å². The molecule has 0 spiro atoms. The molecule has 0 radical (unpaired) electrons. The van der Waals surface area contributed by atoms with Gasteiger partial charge in [0.1, 0.15) is 11.5 Å². The van der Waals surface area contributed by atoms with Gasteiger partial charge in [0.25, 0.3) is 0 Å². The normalized spacial score (nSPS) is 19.6. The molecule has 2 aromatic rings. The Morgan fingerprint density at radius 1 is 0.963 bits per heavy atom. The number of rotatable bonds is 6. The summed E-state index contributed by atoms with van der Waals surface area (Å²) in [7, 11) is 1.60. The summed E-state index contributed by atoms with van der Waals surface area (Å²) in [4.78, 5) is 12.1. The Morgan fingerprint density at radius 3 is 2.07 bits per heavy atom. The highest BCUT2D eigenvalue weighted by molar-refractivity contribution is 5.75. The van der Waals surface area contributed by atoms with Crippen LogP contribution in [0.1, 0.15) is 11.1 Å². The molecule has 0 saturated carbocycles. The van der Waals surface area contributed by atoms with Gasteiger partial charge in [0.05, 0.1) is 19.6 Å². The molecule has 4 nitrogen and oxygen atoms in total. The Morgan fingerprint density at radius 2 is 1.52 bits per heavy atom. The third-order valence-corrected chi connectivity index (χ3v) is 4.58. The second kappa shape index (κ2) is 7.90. The highest BCUT2D eigenvalue weighted by Crippen LogP contribution is 2.30. The van der Waals surface area contributed by atoms with Crippen LogP contribution < -0.4 is 9.47 Å². The predicted octanol–water partition coefficient (Wildman–Crippen LogP) is 4.17. The average molecular weight is 380 g/mol. The van der Waals surface area contributed by atoms with E-state index in [4.69, 9.17) is 9.47 Å². The highest BCUT2D eigenvalue weighted by Gasteiger charge is 2.37. The Kier molecular flexibility index (Phi) is 5.58. The molecule has 1 fully saturated rings. The number of carbonyl (C=O) groups excluding carboxylic acids is 1. The summed E-state index contributed by atoms with van der Waals surface area (Å²) in [6, 6.07) is 13.2. The van der Waals surface area contributed by atoms with Gasteiger partial charge < -0.3 is 14.2 Å². The molecule has 2 atom stereocenters. The second-order valence-corrected chi connectivity index (χ2v) is 6.44. The van der Waals surface area contributed by atoms with E-state index in [0.29, 0.717) is 19.4 Å². The number of hydrogen-bond acceptors (Lipinski definition) is 4. The molecule has 0 bridgehead atoms. The molecule has 1 aliphatic heterocycles. The van der Waals surface area contributed by atoms with Crippen molar-refractivity contribution < 1.29 is 32.2 Å². The molecule has 144 valence electrons. The van der Waals surface area contributed by atoms with Crippen molar-refractivity contribution in [3.63, 3.8) is 0 Å². The van der Waals surface area contributed by atoms with Crippen LogP contribution in [0.3, 0.4) is 0 Å². The summed E-state index contributed by atoms with van der Waals surface area (Å²) in [5, 5.41) is 0. The number of halogens is 3. The van der Waals surface area contributed by atoms with Crippen LogP contribution in [0.25, 0.3) is 0 Å². The van der Waals surface area contributed by atoms with Gasteiger partial charge in [-0.1, -0.05) is 24.3 Å². The van der Waals surface area contributed by atoms with E-state index in [2.05, 4.69) is 4.74 Å². The minimum Gasteiger partial charge on any atom is -0.497 e. The van der Waals surface area contributed by atoms with Crippen LogP contribution in [-0.2, 0) is 22.4 Å². The van der Waals surface area contributed by atoms with Crippen molar-refractivity contribution in [3.8, 4) is 11.5 Å². The number of carbonyl (C=O) groups is 1. The number of alkyl halides is 3. The second-order valence-electron chi connectivity index (χ2n) is 6.44. The van der Waals surface area contributed by atoms with E-state index in [1.54, 1.807) is 7.11 Å². The molecule has 1 heterocycles. The van der Waals surface area contributed by atoms with E-state index in [1.165, 1.54) is 24.3 Å². The largest absolute Gasteiger partial charge is 0.573 e. The molecule has 0 N–H and O–H groups in total. The fourth-order valence-corrected chi connectivity index (χ4v) is 3.20. The van der Waals surface area contributed by atoms with Crippen LogP contribution in [0.15, 0.2) is 48.5 Å². The third kappa shape index (κ3) is 5.15. The van der Waals surface area contributed by atoms with Crippen molar-refractivity contribution in [2.24, 2.45) is 11.8 Å². The quantitative estimate of drug-likeness (QED) is 0.706.